The smallest absolute Gasteiger partial charge is 0.0945 e. The van der Waals surface area contributed by atoms with Crippen molar-refractivity contribution in [1.82, 2.24) is 19.4 Å². The number of imidazole rings is 1. The van der Waals surface area contributed by atoms with E-state index in [0.29, 0.717) is 6.04 Å². The lowest BCUT2D eigenvalue weighted by Gasteiger charge is -2.39. The third kappa shape index (κ3) is 3.52. The molecule has 5 nitrogen and oxygen atoms in total. The molecule has 0 bridgehead atoms. The van der Waals surface area contributed by atoms with Crippen LogP contribution in [0.2, 0.25) is 0 Å². The van der Waals surface area contributed by atoms with Gasteiger partial charge in [0.05, 0.1) is 6.33 Å². The van der Waals surface area contributed by atoms with E-state index in [2.05, 4.69) is 26.4 Å². The van der Waals surface area contributed by atoms with Gasteiger partial charge in [-0.1, -0.05) is 0 Å². The molecule has 1 atom stereocenters. The average molecular weight is 237 g/mol. The lowest BCUT2D eigenvalue weighted by molar-refractivity contribution is 0.0922. The van der Waals surface area contributed by atoms with Crippen LogP contribution in [0, 0.1) is 0 Å². The fourth-order valence-corrected chi connectivity index (χ4v) is 2.44. The van der Waals surface area contributed by atoms with Crippen molar-refractivity contribution in [3.05, 3.63) is 18.7 Å². The van der Waals surface area contributed by atoms with Crippen molar-refractivity contribution in [3.63, 3.8) is 0 Å². The van der Waals surface area contributed by atoms with Crippen LogP contribution < -0.4 is 5.73 Å². The van der Waals surface area contributed by atoms with Gasteiger partial charge in [0.25, 0.3) is 0 Å². The highest BCUT2D eigenvalue weighted by atomic mass is 15.3. The molecule has 1 aromatic heterocycles. The summed E-state index contributed by atoms with van der Waals surface area (Å²) in [5.74, 6) is 0. The van der Waals surface area contributed by atoms with Crippen LogP contribution >= 0.6 is 0 Å². The topological polar surface area (TPSA) is 50.3 Å². The minimum Gasteiger partial charge on any atom is -0.337 e. The van der Waals surface area contributed by atoms with Gasteiger partial charge in [-0.25, -0.2) is 4.98 Å². The highest BCUT2D eigenvalue weighted by molar-refractivity contribution is 4.81. The van der Waals surface area contributed by atoms with E-state index in [1.54, 1.807) is 0 Å². The summed E-state index contributed by atoms with van der Waals surface area (Å²) < 4.78 is 2.13. The molecular weight excluding hydrogens is 214 g/mol. The molecule has 1 fully saturated rings. The van der Waals surface area contributed by atoms with E-state index in [4.69, 9.17) is 5.73 Å². The molecule has 0 aromatic carbocycles. The zero-order valence-corrected chi connectivity index (χ0v) is 10.6. The summed E-state index contributed by atoms with van der Waals surface area (Å²) in [7, 11) is 2.17. The minimum absolute atomic E-state index is 0.525. The second kappa shape index (κ2) is 6.14. The number of aryl methyl sites for hydroxylation is 1. The Bertz CT molecular complexity index is 311. The molecule has 0 spiro atoms. The van der Waals surface area contributed by atoms with E-state index >= 15 is 0 Å². The Labute approximate surface area is 103 Å². The number of nitrogens with two attached hydrogens (primary N) is 1. The first-order valence-corrected chi connectivity index (χ1v) is 6.38. The summed E-state index contributed by atoms with van der Waals surface area (Å²) in [5, 5.41) is 0. The number of hydrogen-bond donors (Lipinski definition) is 1. The van der Waals surface area contributed by atoms with Crippen LogP contribution in [-0.4, -0.2) is 65.2 Å². The number of rotatable bonds is 5. The summed E-state index contributed by atoms with van der Waals surface area (Å²) in [5.41, 5.74) is 5.84. The molecule has 2 heterocycles. The molecule has 0 radical (unpaired) electrons. The third-order valence-corrected chi connectivity index (χ3v) is 3.50. The number of likely N-dealkylation sites (N-methyl/N-ethyl adjacent to an activating group) is 1. The van der Waals surface area contributed by atoms with E-state index in [-0.39, 0.29) is 0 Å². The predicted octanol–water partition coefficient (Wildman–Crippen LogP) is -0.152. The molecule has 0 saturated carbocycles. The van der Waals surface area contributed by atoms with Crippen LogP contribution in [0.25, 0.3) is 0 Å². The molecule has 2 rings (SSSR count). The first kappa shape index (κ1) is 12.5. The monoisotopic (exact) mass is 237 g/mol. The maximum Gasteiger partial charge on any atom is 0.0945 e. The Balaban J connectivity index is 1.74. The maximum atomic E-state index is 5.84. The van der Waals surface area contributed by atoms with Gasteiger partial charge >= 0.3 is 0 Å². The minimum atomic E-state index is 0.525. The van der Waals surface area contributed by atoms with Gasteiger partial charge in [0.1, 0.15) is 0 Å². The Morgan fingerprint density at radius 1 is 1.35 bits per heavy atom. The highest BCUT2D eigenvalue weighted by Crippen LogP contribution is 2.08. The molecule has 1 aliphatic heterocycles. The Hall–Kier alpha value is -0.910. The number of nitrogens with zero attached hydrogens (tertiary/aromatic N) is 4. The summed E-state index contributed by atoms with van der Waals surface area (Å²) in [4.78, 5) is 8.94. The van der Waals surface area contributed by atoms with Crippen LogP contribution in [0.1, 0.15) is 6.42 Å². The fraction of sp³-hybridized carbons (Fsp3) is 0.750. The predicted molar refractivity (Wildman–Crippen MR) is 68.8 cm³/mol. The van der Waals surface area contributed by atoms with Crippen LogP contribution in [-0.2, 0) is 6.54 Å². The second-order valence-corrected chi connectivity index (χ2v) is 4.84. The van der Waals surface area contributed by atoms with Gasteiger partial charge in [0.15, 0.2) is 0 Å². The molecule has 96 valence electrons. The summed E-state index contributed by atoms with van der Waals surface area (Å²) in [6.07, 6.45) is 6.89. The van der Waals surface area contributed by atoms with E-state index in [1.165, 1.54) is 0 Å². The van der Waals surface area contributed by atoms with E-state index < -0.39 is 0 Å². The van der Waals surface area contributed by atoms with Gasteiger partial charge in [-0.15, -0.1) is 0 Å². The zero-order valence-electron chi connectivity index (χ0n) is 10.6. The normalized spacial score (nSPS) is 23.1. The Morgan fingerprint density at radius 3 is 2.94 bits per heavy atom. The molecule has 17 heavy (non-hydrogen) atoms. The van der Waals surface area contributed by atoms with Crippen molar-refractivity contribution in [1.29, 1.82) is 0 Å². The van der Waals surface area contributed by atoms with Crippen LogP contribution in [0.5, 0.6) is 0 Å². The second-order valence-electron chi connectivity index (χ2n) is 4.84. The molecule has 0 aliphatic carbocycles. The van der Waals surface area contributed by atoms with Crippen molar-refractivity contribution in [2.75, 3.05) is 39.8 Å². The molecule has 1 aromatic rings. The average Bonchev–Trinajstić information content (AvgIpc) is 2.84. The SMILES string of the molecule is CN1CCN(CCCn2ccnc2)C(CN)C1. The van der Waals surface area contributed by atoms with Gasteiger partial charge in [-0.05, 0) is 13.5 Å². The first-order chi connectivity index (χ1) is 8.29. The quantitative estimate of drug-likeness (QED) is 0.774. The standard InChI is InChI=1S/C12H23N5/c1-15-7-8-17(12(9-13)10-15)5-2-4-16-6-3-14-11-16/h3,6,11-12H,2,4-5,7-10,13H2,1H3. The molecule has 1 unspecified atom stereocenters. The lowest BCUT2D eigenvalue weighted by atomic mass is 10.1. The largest absolute Gasteiger partial charge is 0.337 e. The maximum absolute atomic E-state index is 5.84. The van der Waals surface area contributed by atoms with Gasteiger partial charge < -0.3 is 15.2 Å². The molecule has 5 heteroatoms. The van der Waals surface area contributed by atoms with E-state index in [9.17, 15) is 0 Å². The van der Waals surface area contributed by atoms with Crippen LogP contribution in [0.15, 0.2) is 18.7 Å². The molecule has 0 amide bonds. The Kier molecular flexibility index (Phi) is 4.53. The lowest BCUT2D eigenvalue weighted by Crippen LogP contribution is -2.54. The number of piperazine rings is 1. The van der Waals surface area contributed by atoms with Crippen LogP contribution in [0.4, 0.5) is 0 Å². The Morgan fingerprint density at radius 2 is 2.24 bits per heavy atom. The van der Waals surface area contributed by atoms with Crippen molar-refractivity contribution < 1.29 is 0 Å². The summed E-state index contributed by atoms with van der Waals surface area (Å²) >= 11 is 0. The summed E-state index contributed by atoms with van der Waals surface area (Å²) in [6, 6.07) is 0.525. The highest BCUT2D eigenvalue weighted by Gasteiger charge is 2.23. The zero-order chi connectivity index (χ0) is 12.1. The molecule has 1 aliphatic rings. The molecular formula is C12H23N5. The number of hydrogen-bond acceptors (Lipinski definition) is 4. The van der Waals surface area contributed by atoms with Crippen LogP contribution in [0.3, 0.4) is 0 Å². The number of aromatic nitrogens is 2. The van der Waals surface area contributed by atoms with Crippen molar-refractivity contribution in [3.8, 4) is 0 Å². The van der Waals surface area contributed by atoms with Gasteiger partial charge in [-0.3, -0.25) is 4.90 Å². The van der Waals surface area contributed by atoms with Gasteiger partial charge in [0, 0.05) is 57.7 Å². The van der Waals surface area contributed by atoms with Crippen molar-refractivity contribution >= 4 is 0 Å². The summed E-state index contributed by atoms with van der Waals surface area (Å²) in [6.45, 7) is 6.33. The first-order valence-electron chi connectivity index (χ1n) is 6.38. The molecule has 2 N–H and O–H groups in total. The van der Waals surface area contributed by atoms with Crippen molar-refractivity contribution in [2.45, 2.75) is 19.0 Å². The van der Waals surface area contributed by atoms with E-state index in [1.807, 2.05) is 18.7 Å². The van der Waals surface area contributed by atoms with Crippen molar-refractivity contribution in [2.24, 2.45) is 5.73 Å². The molecule has 1 saturated heterocycles. The van der Waals surface area contributed by atoms with Gasteiger partial charge in [-0.2, -0.15) is 0 Å². The third-order valence-electron chi connectivity index (χ3n) is 3.50. The fourth-order valence-electron chi connectivity index (χ4n) is 2.44. The van der Waals surface area contributed by atoms with E-state index in [0.717, 1.165) is 45.7 Å². The van der Waals surface area contributed by atoms with Gasteiger partial charge in [0.2, 0.25) is 0 Å².